The van der Waals surface area contributed by atoms with Crippen LogP contribution in [0.1, 0.15) is 16.8 Å². The van der Waals surface area contributed by atoms with E-state index < -0.39 is 5.91 Å². The van der Waals surface area contributed by atoms with Gasteiger partial charge >= 0.3 is 0 Å². The molecule has 1 amide bonds. The third kappa shape index (κ3) is 2.60. The molecule has 1 aromatic carbocycles. The standard InChI is InChI=1S/C12H15N3O3/c1-17-3-2-4-18-10-6-8(12(13)16)5-9-11(10)15-7-14-9/h5-7H,2-4H2,1H3,(H2,13,16)(H,14,15). The van der Waals surface area contributed by atoms with Crippen molar-refractivity contribution in [2.45, 2.75) is 6.42 Å². The molecule has 0 fully saturated rings. The van der Waals surface area contributed by atoms with Gasteiger partial charge in [0.1, 0.15) is 11.3 Å². The van der Waals surface area contributed by atoms with Crippen molar-refractivity contribution in [3.8, 4) is 5.75 Å². The number of nitrogens with one attached hydrogen (secondary N) is 1. The summed E-state index contributed by atoms with van der Waals surface area (Å²) in [6, 6.07) is 3.26. The summed E-state index contributed by atoms with van der Waals surface area (Å²) in [6.07, 6.45) is 2.32. The fourth-order valence-electron chi connectivity index (χ4n) is 1.66. The molecule has 0 spiro atoms. The Morgan fingerprint density at radius 2 is 2.28 bits per heavy atom. The molecule has 6 nitrogen and oxygen atoms in total. The van der Waals surface area contributed by atoms with Gasteiger partial charge in [-0.25, -0.2) is 4.98 Å². The number of amides is 1. The van der Waals surface area contributed by atoms with Crippen molar-refractivity contribution in [2.24, 2.45) is 5.73 Å². The highest BCUT2D eigenvalue weighted by molar-refractivity contribution is 5.98. The molecule has 2 aromatic rings. The maximum atomic E-state index is 11.2. The van der Waals surface area contributed by atoms with Gasteiger partial charge in [-0.05, 0) is 12.1 Å². The number of imidazole rings is 1. The summed E-state index contributed by atoms with van der Waals surface area (Å²) in [5, 5.41) is 0. The van der Waals surface area contributed by atoms with Crippen molar-refractivity contribution < 1.29 is 14.3 Å². The fourth-order valence-corrected chi connectivity index (χ4v) is 1.66. The van der Waals surface area contributed by atoms with Gasteiger partial charge in [0, 0.05) is 25.7 Å². The van der Waals surface area contributed by atoms with Gasteiger partial charge in [0.25, 0.3) is 0 Å². The van der Waals surface area contributed by atoms with Crippen molar-refractivity contribution in [1.82, 2.24) is 9.97 Å². The maximum absolute atomic E-state index is 11.2. The number of carbonyl (C=O) groups excluding carboxylic acids is 1. The number of hydrogen-bond acceptors (Lipinski definition) is 4. The second-order valence-corrected chi connectivity index (χ2v) is 3.83. The largest absolute Gasteiger partial charge is 0.491 e. The fraction of sp³-hybridized carbons (Fsp3) is 0.333. The predicted octanol–water partition coefficient (Wildman–Crippen LogP) is 1.08. The van der Waals surface area contributed by atoms with Crippen LogP contribution >= 0.6 is 0 Å². The number of benzene rings is 1. The first-order valence-corrected chi connectivity index (χ1v) is 5.61. The average Bonchev–Trinajstić information content (AvgIpc) is 2.82. The van der Waals surface area contributed by atoms with Crippen LogP contribution in [0.15, 0.2) is 18.5 Å². The molecule has 6 heteroatoms. The highest BCUT2D eigenvalue weighted by atomic mass is 16.5. The number of hydrogen-bond donors (Lipinski definition) is 2. The third-order valence-corrected chi connectivity index (χ3v) is 2.53. The van der Waals surface area contributed by atoms with Crippen molar-refractivity contribution in [3.05, 3.63) is 24.0 Å². The smallest absolute Gasteiger partial charge is 0.248 e. The number of nitrogens with two attached hydrogens (primary N) is 1. The molecule has 0 aliphatic rings. The Balaban J connectivity index is 2.23. The molecule has 1 aromatic heterocycles. The van der Waals surface area contributed by atoms with Gasteiger partial charge < -0.3 is 20.2 Å². The summed E-state index contributed by atoms with van der Waals surface area (Å²) in [7, 11) is 1.64. The number of primary amides is 1. The SMILES string of the molecule is COCCCOc1cc(C(N)=O)cc2nc[nH]c12. The molecular weight excluding hydrogens is 234 g/mol. The van der Waals surface area contributed by atoms with E-state index in [1.165, 1.54) is 0 Å². The predicted molar refractivity (Wildman–Crippen MR) is 66.6 cm³/mol. The molecule has 96 valence electrons. The minimum Gasteiger partial charge on any atom is -0.491 e. The normalized spacial score (nSPS) is 10.7. The summed E-state index contributed by atoms with van der Waals surface area (Å²) in [6.45, 7) is 1.13. The van der Waals surface area contributed by atoms with Crippen LogP contribution in [0.25, 0.3) is 11.0 Å². The minimum atomic E-state index is -0.498. The van der Waals surface area contributed by atoms with E-state index in [1.54, 1.807) is 25.6 Å². The molecule has 2 rings (SSSR count). The lowest BCUT2D eigenvalue weighted by molar-refractivity contribution is 0.1000. The summed E-state index contributed by atoms with van der Waals surface area (Å²) in [5.41, 5.74) is 7.07. The lowest BCUT2D eigenvalue weighted by Gasteiger charge is -2.08. The molecular formula is C12H15N3O3. The van der Waals surface area contributed by atoms with Gasteiger partial charge in [0.2, 0.25) is 5.91 Å². The number of fused-ring (bicyclic) bond motifs is 1. The second-order valence-electron chi connectivity index (χ2n) is 3.83. The summed E-state index contributed by atoms with van der Waals surface area (Å²) in [5.74, 6) is 0.0801. The minimum absolute atomic E-state index is 0.386. The zero-order valence-electron chi connectivity index (χ0n) is 10.1. The third-order valence-electron chi connectivity index (χ3n) is 2.53. The zero-order chi connectivity index (χ0) is 13.0. The molecule has 0 aliphatic heterocycles. The van der Waals surface area contributed by atoms with Gasteiger partial charge in [-0.2, -0.15) is 0 Å². The van der Waals surface area contributed by atoms with Gasteiger partial charge in [-0.15, -0.1) is 0 Å². The number of nitrogens with zero attached hydrogens (tertiary/aromatic N) is 1. The zero-order valence-corrected chi connectivity index (χ0v) is 10.1. The molecule has 0 unspecified atom stereocenters. The highest BCUT2D eigenvalue weighted by Gasteiger charge is 2.10. The number of H-pyrrole nitrogens is 1. The Bertz CT molecular complexity index is 550. The Labute approximate surface area is 104 Å². The average molecular weight is 249 g/mol. The van der Waals surface area contributed by atoms with Crippen LogP contribution in [0.5, 0.6) is 5.75 Å². The Kier molecular flexibility index (Phi) is 3.78. The van der Waals surface area contributed by atoms with Gasteiger partial charge in [0.15, 0.2) is 0 Å². The number of aromatic amines is 1. The first-order valence-electron chi connectivity index (χ1n) is 5.61. The molecule has 0 saturated heterocycles. The van der Waals surface area contributed by atoms with Crippen molar-refractivity contribution in [1.29, 1.82) is 0 Å². The monoisotopic (exact) mass is 249 g/mol. The van der Waals surface area contributed by atoms with E-state index in [2.05, 4.69) is 9.97 Å². The number of carbonyl (C=O) groups is 1. The van der Waals surface area contributed by atoms with E-state index in [-0.39, 0.29) is 0 Å². The summed E-state index contributed by atoms with van der Waals surface area (Å²) < 4.78 is 10.6. The van der Waals surface area contributed by atoms with Gasteiger partial charge in [-0.1, -0.05) is 0 Å². The lowest BCUT2D eigenvalue weighted by Crippen LogP contribution is -2.11. The molecule has 0 bridgehead atoms. The Morgan fingerprint density at radius 1 is 1.44 bits per heavy atom. The van der Waals surface area contributed by atoms with Crippen LogP contribution in [0.4, 0.5) is 0 Å². The Morgan fingerprint density at radius 3 is 3.00 bits per heavy atom. The topological polar surface area (TPSA) is 90.2 Å². The van der Waals surface area contributed by atoms with Crippen LogP contribution < -0.4 is 10.5 Å². The maximum Gasteiger partial charge on any atom is 0.248 e. The number of aromatic nitrogens is 2. The molecule has 3 N–H and O–H groups in total. The molecule has 1 heterocycles. The van der Waals surface area contributed by atoms with E-state index in [4.69, 9.17) is 15.2 Å². The first-order chi connectivity index (χ1) is 8.72. The number of ether oxygens (including phenoxy) is 2. The number of methoxy groups -OCH3 is 1. The van der Waals surface area contributed by atoms with Crippen molar-refractivity contribution in [2.75, 3.05) is 20.3 Å². The number of rotatable bonds is 6. The highest BCUT2D eigenvalue weighted by Crippen LogP contribution is 2.24. The molecule has 0 radical (unpaired) electrons. The quantitative estimate of drug-likeness (QED) is 0.749. The van der Waals surface area contributed by atoms with Crippen LogP contribution in [0, 0.1) is 0 Å². The van der Waals surface area contributed by atoms with Crippen LogP contribution in [-0.4, -0.2) is 36.2 Å². The van der Waals surface area contributed by atoms with Crippen LogP contribution in [0.2, 0.25) is 0 Å². The van der Waals surface area contributed by atoms with E-state index >= 15 is 0 Å². The lowest BCUT2D eigenvalue weighted by atomic mass is 10.2. The van der Waals surface area contributed by atoms with E-state index in [1.807, 2.05) is 0 Å². The summed E-state index contributed by atoms with van der Waals surface area (Å²) >= 11 is 0. The van der Waals surface area contributed by atoms with Gasteiger partial charge in [-0.3, -0.25) is 4.79 Å². The summed E-state index contributed by atoms with van der Waals surface area (Å²) in [4.78, 5) is 18.3. The Hall–Kier alpha value is -2.08. The first kappa shape index (κ1) is 12.4. The molecule has 0 atom stereocenters. The van der Waals surface area contributed by atoms with Crippen LogP contribution in [-0.2, 0) is 4.74 Å². The van der Waals surface area contributed by atoms with Crippen LogP contribution in [0.3, 0.4) is 0 Å². The van der Waals surface area contributed by atoms with E-state index in [9.17, 15) is 4.79 Å². The van der Waals surface area contributed by atoms with E-state index in [0.717, 1.165) is 11.9 Å². The molecule has 0 aliphatic carbocycles. The van der Waals surface area contributed by atoms with Gasteiger partial charge in [0.05, 0.1) is 18.5 Å². The second kappa shape index (κ2) is 5.50. The van der Waals surface area contributed by atoms with Crippen molar-refractivity contribution >= 4 is 16.9 Å². The molecule has 18 heavy (non-hydrogen) atoms. The van der Waals surface area contributed by atoms with Crippen molar-refractivity contribution in [3.63, 3.8) is 0 Å². The molecule has 0 saturated carbocycles. The van der Waals surface area contributed by atoms with E-state index in [0.29, 0.717) is 30.0 Å².